The first kappa shape index (κ1) is 14.9. The Morgan fingerprint density at radius 1 is 1.41 bits per heavy atom. The summed E-state index contributed by atoms with van der Waals surface area (Å²) in [5, 5.41) is 19.2. The number of hydrogen-bond donors (Lipinski definition) is 2. The quantitative estimate of drug-likeness (QED) is 0.699. The number of nitrogens with zero attached hydrogens (tertiary/aromatic N) is 1. The maximum absolute atomic E-state index is 9.98. The molecule has 1 atom stereocenters. The second kappa shape index (κ2) is 6.14. The average Bonchev–Trinajstić information content (AvgIpc) is 2.23. The fourth-order valence-corrected chi connectivity index (χ4v) is 2.21. The lowest BCUT2D eigenvalue weighted by Crippen LogP contribution is -2.42. The molecule has 0 bridgehead atoms. The van der Waals surface area contributed by atoms with Gasteiger partial charge in [-0.1, -0.05) is 0 Å². The molecule has 1 fully saturated rings. The number of methoxy groups -OCH3 is 1. The van der Waals surface area contributed by atoms with E-state index in [4.69, 9.17) is 4.74 Å². The molecule has 4 heteroatoms. The molecule has 1 unspecified atom stereocenters. The van der Waals surface area contributed by atoms with Crippen LogP contribution in [0.5, 0.6) is 0 Å². The van der Waals surface area contributed by atoms with E-state index in [1.807, 2.05) is 13.8 Å². The third-order valence-corrected chi connectivity index (χ3v) is 3.89. The summed E-state index contributed by atoms with van der Waals surface area (Å²) in [5.41, 5.74) is -0.479. The van der Waals surface area contributed by atoms with Crippen molar-refractivity contribution in [3.63, 3.8) is 0 Å². The Labute approximate surface area is 105 Å². The summed E-state index contributed by atoms with van der Waals surface area (Å²) < 4.78 is 5.26. The third kappa shape index (κ3) is 4.54. The molecule has 102 valence electrons. The lowest BCUT2D eigenvalue weighted by molar-refractivity contribution is -0.0825. The van der Waals surface area contributed by atoms with Crippen LogP contribution < -0.4 is 0 Å². The minimum atomic E-state index is -0.479. The number of hydrogen-bond acceptors (Lipinski definition) is 4. The van der Waals surface area contributed by atoms with Gasteiger partial charge in [0.05, 0.1) is 17.8 Å². The van der Waals surface area contributed by atoms with Crippen molar-refractivity contribution in [3.05, 3.63) is 0 Å². The van der Waals surface area contributed by atoms with Crippen LogP contribution in [0.1, 0.15) is 33.1 Å². The van der Waals surface area contributed by atoms with Gasteiger partial charge in [-0.2, -0.15) is 0 Å². The van der Waals surface area contributed by atoms with E-state index in [-0.39, 0.29) is 6.10 Å². The summed E-state index contributed by atoms with van der Waals surface area (Å²) in [7, 11) is 3.69. The number of aliphatic hydroxyl groups is 2. The number of aliphatic hydroxyl groups excluding tert-OH is 2. The van der Waals surface area contributed by atoms with Gasteiger partial charge in [0.15, 0.2) is 0 Å². The molecular weight excluding hydrogens is 218 g/mol. The molecule has 0 radical (unpaired) electrons. The van der Waals surface area contributed by atoms with Crippen molar-refractivity contribution in [1.82, 2.24) is 4.90 Å². The van der Waals surface area contributed by atoms with E-state index < -0.39 is 11.7 Å². The first-order chi connectivity index (χ1) is 7.85. The Hall–Kier alpha value is -0.160. The van der Waals surface area contributed by atoms with Gasteiger partial charge in [-0.25, -0.2) is 0 Å². The molecule has 1 aliphatic rings. The first-order valence-electron chi connectivity index (χ1n) is 6.45. The highest BCUT2D eigenvalue weighted by molar-refractivity contribution is 4.82. The molecule has 1 rings (SSSR count). The highest BCUT2D eigenvalue weighted by atomic mass is 16.5. The average molecular weight is 245 g/mol. The van der Waals surface area contributed by atoms with Crippen LogP contribution in [0.2, 0.25) is 0 Å². The molecule has 0 aromatic carbocycles. The summed E-state index contributed by atoms with van der Waals surface area (Å²) >= 11 is 0. The normalized spacial score (nSPS) is 27.0. The van der Waals surface area contributed by atoms with Gasteiger partial charge in [0.1, 0.15) is 0 Å². The zero-order valence-electron chi connectivity index (χ0n) is 11.5. The van der Waals surface area contributed by atoms with Gasteiger partial charge in [-0.05, 0) is 46.1 Å². The van der Waals surface area contributed by atoms with Crippen molar-refractivity contribution in [2.45, 2.75) is 50.9 Å². The Morgan fingerprint density at radius 3 is 2.47 bits per heavy atom. The summed E-state index contributed by atoms with van der Waals surface area (Å²) in [6.45, 7) is 5.68. The van der Waals surface area contributed by atoms with E-state index in [1.165, 1.54) is 0 Å². The minimum absolute atomic E-state index is 0.0774. The van der Waals surface area contributed by atoms with Gasteiger partial charge in [0.2, 0.25) is 0 Å². The third-order valence-electron chi connectivity index (χ3n) is 3.89. The Bertz CT molecular complexity index is 227. The first-order valence-corrected chi connectivity index (χ1v) is 6.45. The summed E-state index contributed by atoms with van der Waals surface area (Å²) in [6, 6.07) is 0. The van der Waals surface area contributed by atoms with E-state index in [2.05, 4.69) is 11.9 Å². The predicted octanol–water partition coefficient (Wildman–Crippen LogP) is 0.865. The predicted molar refractivity (Wildman–Crippen MR) is 67.9 cm³/mol. The largest absolute Gasteiger partial charge is 0.393 e. The minimum Gasteiger partial charge on any atom is -0.393 e. The van der Waals surface area contributed by atoms with Crippen LogP contribution in [-0.2, 0) is 4.74 Å². The van der Waals surface area contributed by atoms with Crippen LogP contribution in [-0.4, -0.2) is 60.2 Å². The van der Waals surface area contributed by atoms with Crippen molar-refractivity contribution in [1.29, 1.82) is 0 Å². The fourth-order valence-electron chi connectivity index (χ4n) is 2.21. The Balaban J connectivity index is 2.17. The van der Waals surface area contributed by atoms with Gasteiger partial charge in [0, 0.05) is 20.2 Å². The van der Waals surface area contributed by atoms with Crippen LogP contribution in [0.15, 0.2) is 0 Å². The molecule has 17 heavy (non-hydrogen) atoms. The topological polar surface area (TPSA) is 52.9 Å². The molecule has 2 N–H and O–H groups in total. The van der Waals surface area contributed by atoms with Crippen LogP contribution in [0.4, 0.5) is 0 Å². The van der Waals surface area contributed by atoms with Gasteiger partial charge in [-0.15, -0.1) is 0 Å². The van der Waals surface area contributed by atoms with Gasteiger partial charge >= 0.3 is 0 Å². The molecule has 0 aromatic heterocycles. The molecule has 0 spiro atoms. The lowest BCUT2D eigenvalue weighted by Gasteiger charge is -2.35. The van der Waals surface area contributed by atoms with Crippen molar-refractivity contribution in [3.8, 4) is 0 Å². The second-order valence-corrected chi connectivity index (χ2v) is 5.87. The van der Waals surface area contributed by atoms with E-state index >= 15 is 0 Å². The van der Waals surface area contributed by atoms with Gasteiger partial charge < -0.3 is 19.8 Å². The molecule has 0 aromatic rings. The molecule has 1 saturated carbocycles. The van der Waals surface area contributed by atoms with Crippen LogP contribution >= 0.6 is 0 Å². The SMILES string of the molecule is COC(C)(C)C(O)CCN(C)CC1CC(O)C1. The van der Waals surface area contributed by atoms with Gasteiger partial charge in [0.25, 0.3) is 0 Å². The highest BCUT2D eigenvalue weighted by Crippen LogP contribution is 2.27. The highest BCUT2D eigenvalue weighted by Gasteiger charge is 2.29. The molecule has 0 heterocycles. The maximum Gasteiger partial charge on any atom is 0.0880 e. The van der Waals surface area contributed by atoms with Crippen LogP contribution in [0, 0.1) is 5.92 Å². The Kier molecular flexibility index (Phi) is 5.38. The van der Waals surface area contributed by atoms with Crippen molar-refractivity contribution in [2.24, 2.45) is 5.92 Å². The Morgan fingerprint density at radius 2 is 2.00 bits per heavy atom. The maximum atomic E-state index is 9.98. The molecule has 0 aliphatic heterocycles. The van der Waals surface area contributed by atoms with Crippen molar-refractivity contribution < 1.29 is 14.9 Å². The molecule has 0 saturated heterocycles. The summed E-state index contributed by atoms with van der Waals surface area (Å²) in [5.74, 6) is 0.627. The molecule has 1 aliphatic carbocycles. The number of rotatable bonds is 7. The summed E-state index contributed by atoms with van der Waals surface area (Å²) in [4.78, 5) is 2.23. The zero-order chi connectivity index (χ0) is 13.1. The monoisotopic (exact) mass is 245 g/mol. The zero-order valence-corrected chi connectivity index (χ0v) is 11.5. The van der Waals surface area contributed by atoms with Crippen LogP contribution in [0.3, 0.4) is 0 Å². The van der Waals surface area contributed by atoms with E-state index in [9.17, 15) is 10.2 Å². The van der Waals surface area contributed by atoms with Crippen LogP contribution in [0.25, 0.3) is 0 Å². The molecule has 0 amide bonds. The van der Waals surface area contributed by atoms with Gasteiger partial charge in [-0.3, -0.25) is 0 Å². The van der Waals surface area contributed by atoms with Crippen molar-refractivity contribution in [2.75, 3.05) is 27.2 Å². The van der Waals surface area contributed by atoms with E-state index in [0.29, 0.717) is 12.3 Å². The van der Waals surface area contributed by atoms with E-state index in [1.54, 1.807) is 7.11 Å². The van der Waals surface area contributed by atoms with E-state index in [0.717, 1.165) is 25.9 Å². The smallest absolute Gasteiger partial charge is 0.0880 e. The standard InChI is InChI=1S/C13H27NO3/c1-13(2,17-4)12(16)5-6-14(3)9-10-7-11(15)8-10/h10-12,15-16H,5-9H2,1-4H3. The molecule has 4 nitrogen and oxygen atoms in total. The number of ether oxygens (including phenoxy) is 1. The summed E-state index contributed by atoms with van der Waals surface area (Å²) in [6.07, 6.45) is 2.05. The fraction of sp³-hybridized carbons (Fsp3) is 1.00. The van der Waals surface area contributed by atoms with Crippen molar-refractivity contribution >= 4 is 0 Å². The lowest BCUT2D eigenvalue weighted by atomic mass is 9.82. The second-order valence-electron chi connectivity index (χ2n) is 5.87. The molecular formula is C13H27NO3.